The van der Waals surface area contributed by atoms with Gasteiger partial charge in [-0.15, -0.1) is 5.10 Å². The summed E-state index contributed by atoms with van der Waals surface area (Å²) in [6.45, 7) is 1.32. The van der Waals surface area contributed by atoms with Gasteiger partial charge in [-0.1, -0.05) is 15.9 Å². The first-order chi connectivity index (χ1) is 14.5. The van der Waals surface area contributed by atoms with E-state index in [-0.39, 0.29) is 23.2 Å². The van der Waals surface area contributed by atoms with Crippen LogP contribution in [0.3, 0.4) is 0 Å². The van der Waals surface area contributed by atoms with E-state index in [2.05, 4.69) is 31.2 Å². The maximum atomic E-state index is 13.2. The van der Waals surface area contributed by atoms with Gasteiger partial charge in [-0.25, -0.2) is 4.39 Å². The summed E-state index contributed by atoms with van der Waals surface area (Å²) in [7, 11) is 0. The van der Waals surface area contributed by atoms with Crippen LogP contribution in [0.2, 0.25) is 0 Å². The predicted molar refractivity (Wildman–Crippen MR) is 118 cm³/mol. The highest BCUT2D eigenvalue weighted by Crippen LogP contribution is 2.23. The third kappa shape index (κ3) is 4.59. The van der Waals surface area contributed by atoms with Gasteiger partial charge in [0.15, 0.2) is 0 Å². The highest BCUT2D eigenvalue weighted by Gasteiger charge is 2.26. The zero-order valence-electron chi connectivity index (χ0n) is 16.1. The molecule has 0 bridgehead atoms. The first-order valence-corrected chi connectivity index (χ1v) is 10.5. The largest absolute Gasteiger partial charge is 0.355 e. The van der Waals surface area contributed by atoms with Crippen LogP contribution in [0.25, 0.3) is 5.69 Å². The zero-order valence-corrected chi connectivity index (χ0v) is 17.7. The number of rotatable bonds is 4. The molecule has 3 aromatic rings. The van der Waals surface area contributed by atoms with Gasteiger partial charge in [0.05, 0.1) is 5.69 Å². The summed E-state index contributed by atoms with van der Waals surface area (Å²) >= 11 is 3.38. The summed E-state index contributed by atoms with van der Waals surface area (Å²) in [6.07, 6.45) is 1.39. The van der Waals surface area contributed by atoms with E-state index in [1.54, 1.807) is 6.07 Å². The van der Waals surface area contributed by atoms with Gasteiger partial charge in [-0.2, -0.15) is 4.68 Å². The average molecular weight is 471 g/mol. The molecule has 0 unspecified atom stereocenters. The van der Waals surface area contributed by atoms with E-state index in [4.69, 9.17) is 0 Å². The molecule has 4 rings (SSSR count). The Morgan fingerprint density at radius 1 is 1.00 bits per heavy atom. The minimum Gasteiger partial charge on any atom is -0.355 e. The number of nitrogens with one attached hydrogen (secondary N) is 1. The molecule has 2 heterocycles. The Bertz CT molecular complexity index is 1090. The molecule has 154 valence electrons. The highest BCUT2D eigenvalue weighted by molar-refractivity contribution is 9.10. The topological polar surface area (TPSA) is 67.2 Å². The Labute approximate surface area is 181 Å². The number of hydrogen-bond donors (Lipinski definition) is 1. The van der Waals surface area contributed by atoms with Crippen LogP contribution < -0.4 is 15.8 Å². The van der Waals surface area contributed by atoms with Crippen LogP contribution in [0, 0.1) is 11.7 Å². The van der Waals surface area contributed by atoms with Gasteiger partial charge in [0.2, 0.25) is 5.91 Å². The van der Waals surface area contributed by atoms with Gasteiger partial charge in [-0.3, -0.25) is 9.59 Å². The molecule has 2 aromatic carbocycles. The average Bonchev–Trinajstić information content (AvgIpc) is 2.76. The molecule has 0 saturated carbocycles. The van der Waals surface area contributed by atoms with Gasteiger partial charge in [0, 0.05) is 35.2 Å². The molecule has 1 amide bonds. The zero-order chi connectivity index (χ0) is 21.1. The third-order valence-electron chi connectivity index (χ3n) is 5.16. The number of carbonyl (C=O) groups is 1. The fourth-order valence-corrected chi connectivity index (χ4v) is 3.75. The van der Waals surface area contributed by atoms with Gasteiger partial charge in [0.1, 0.15) is 11.6 Å². The molecule has 30 heavy (non-hydrogen) atoms. The van der Waals surface area contributed by atoms with Gasteiger partial charge < -0.3 is 10.2 Å². The SMILES string of the molecule is O=C(Nc1ccc(Br)cc1)C1CCN(c2ccc(=O)n(-c3ccc(F)cc3)n2)CC1. The van der Waals surface area contributed by atoms with E-state index in [9.17, 15) is 14.0 Å². The molecule has 1 fully saturated rings. The van der Waals surface area contributed by atoms with E-state index in [1.807, 2.05) is 24.3 Å². The van der Waals surface area contributed by atoms with Crippen molar-refractivity contribution in [3.05, 3.63) is 81.3 Å². The van der Waals surface area contributed by atoms with Crippen LogP contribution in [0.15, 0.2) is 69.9 Å². The summed E-state index contributed by atoms with van der Waals surface area (Å²) in [6, 6.07) is 16.3. The Balaban J connectivity index is 1.42. The Morgan fingerprint density at radius 2 is 1.67 bits per heavy atom. The molecule has 0 spiro atoms. The summed E-state index contributed by atoms with van der Waals surface area (Å²) in [5.41, 5.74) is 1.000. The highest BCUT2D eigenvalue weighted by atomic mass is 79.9. The van der Waals surface area contributed by atoms with Crippen LogP contribution >= 0.6 is 15.9 Å². The van der Waals surface area contributed by atoms with Crippen molar-refractivity contribution in [1.82, 2.24) is 9.78 Å². The summed E-state index contributed by atoms with van der Waals surface area (Å²) in [5, 5.41) is 7.41. The molecule has 1 N–H and O–H groups in total. The Kier molecular flexibility index (Phi) is 5.94. The number of hydrogen-bond acceptors (Lipinski definition) is 4. The standard InChI is InChI=1S/C22H20BrFN4O2/c23-16-1-5-18(6-2-16)25-22(30)15-11-13-27(14-12-15)20-9-10-21(29)28(26-20)19-7-3-17(24)4-8-19/h1-10,15H,11-14H2,(H,25,30). The number of piperidine rings is 1. The number of halogens is 2. The Morgan fingerprint density at radius 3 is 2.33 bits per heavy atom. The van der Waals surface area contributed by atoms with Crippen molar-refractivity contribution in [2.75, 3.05) is 23.3 Å². The van der Waals surface area contributed by atoms with Crippen molar-refractivity contribution in [2.45, 2.75) is 12.8 Å². The van der Waals surface area contributed by atoms with Crippen molar-refractivity contribution in [2.24, 2.45) is 5.92 Å². The molecular formula is C22H20BrFN4O2. The van der Waals surface area contributed by atoms with Crippen molar-refractivity contribution in [3.63, 3.8) is 0 Å². The van der Waals surface area contributed by atoms with E-state index < -0.39 is 0 Å². The molecule has 1 aliphatic heterocycles. The minimum absolute atomic E-state index is 0.0150. The second kappa shape index (κ2) is 8.79. The first kappa shape index (κ1) is 20.3. The quantitative estimate of drug-likeness (QED) is 0.625. The number of benzene rings is 2. The van der Waals surface area contributed by atoms with Crippen LogP contribution in [-0.2, 0) is 4.79 Å². The van der Waals surface area contributed by atoms with E-state index in [0.717, 1.165) is 10.2 Å². The lowest BCUT2D eigenvalue weighted by Crippen LogP contribution is -2.39. The van der Waals surface area contributed by atoms with Crippen LogP contribution in [0.1, 0.15) is 12.8 Å². The molecule has 0 radical (unpaired) electrons. The maximum Gasteiger partial charge on any atom is 0.271 e. The van der Waals surface area contributed by atoms with Crippen molar-refractivity contribution >= 4 is 33.3 Å². The first-order valence-electron chi connectivity index (χ1n) is 9.67. The van der Waals surface area contributed by atoms with E-state index in [0.29, 0.717) is 37.4 Å². The predicted octanol–water partition coefficient (Wildman–Crippen LogP) is 3.99. The molecule has 0 atom stereocenters. The fraction of sp³-hybridized carbons (Fsp3) is 0.227. The molecule has 1 aromatic heterocycles. The second-order valence-electron chi connectivity index (χ2n) is 7.18. The lowest BCUT2D eigenvalue weighted by atomic mass is 9.96. The van der Waals surface area contributed by atoms with Crippen molar-refractivity contribution in [3.8, 4) is 5.69 Å². The Hall–Kier alpha value is -3.00. The van der Waals surface area contributed by atoms with Gasteiger partial charge in [0.25, 0.3) is 5.56 Å². The monoisotopic (exact) mass is 470 g/mol. The smallest absolute Gasteiger partial charge is 0.271 e. The number of carbonyl (C=O) groups excluding carboxylic acids is 1. The fourth-order valence-electron chi connectivity index (χ4n) is 3.49. The van der Waals surface area contributed by atoms with Crippen LogP contribution in [0.5, 0.6) is 0 Å². The minimum atomic E-state index is -0.369. The molecule has 6 nitrogen and oxygen atoms in total. The summed E-state index contributed by atoms with van der Waals surface area (Å²) in [4.78, 5) is 26.8. The van der Waals surface area contributed by atoms with E-state index >= 15 is 0 Å². The lowest BCUT2D eigenvalue weighted by Gasteiger charge is -2.32. The molecule has 8 heteroatoms. The molecule has 1 aliphatic rings. The van der Waals surface area contributed by atoms with Crippen molar-refractivity contribution in [1.29, 1.82) is 0 Å². The van der Waals surface area contributed by atoms with Crippen molar-refractivity contribution < 1.29 is 9.18 Å². The second-order valence-corrected chi connectivity index (χ2v) is 8.09. The van der Waals surface area contributed by atoms with Gasteiger partial charge in [-0.05, 0) is 67.4 Å². The molecule has 1 saturated heterocycles. The van der Waals surface area contributed by atoms with Gasteiger partial charge >= 0.3 is 0 Å². The number of anilines is 2. The third-order valence-corrected chi connectivity index (χ3v) is 5.69. The number of nitrogens with zero attached hydrogens (tertiary/aromatic N) is 3. The molecular weight excluding hydrogens is 451 g/mol. The molecule has 0 aliphatic carbocycles. The van der Waals surface area contributed by atoms with Crippen LogP contribution in [0.4, 0.5) is 15.9 Å². The van der Waals surface area contributed by atoms with E-state index in [1.165, 1.54) is 35.0 Å². The number of amides is 1. The summed E-state index contributed by atoms with van der Waals surface area (Å²) in [5.74, 6) is 0.228. The summed E-state index contributed by atoms with van der Waals surface area (Å²) < 4.78 is 15.4. The lowest BCUT2D eigenvalue weighted by molar-refractivity contribution is -0.120. The normalized spacial score (nSPS) is 14.5. The maximum absolute atomic E-state index is 13.2. The van der Waals surface area contributed by atoms with Crippen LogP contribution in [-0.4, -0.2) is 28.8 Å². The number of aromatic nitrogens is 2.